The van der Waals surface area contributed by atoms with E-state index in [4.69, 9.17) is 0 Å². The fourth-order valence-corrected chi connectivity index (χ4v) is 3.66. The maximum atomic E-state index is 12.3. The summed E-state index contributed by atoms with van der Waals surface area (Å²) in [5, 5.41) is 16.5. The van der Waals surface area contributed by atoms with Crippen LogP contribution in [0, 0.1) is 0 Å². The highest BCUT2D eigenvalue weighted by Crippen LogP contribution is 2.27. The first-order valence-electron chi connectivity index (χ1n) is 8.76. The standard InChI is InChI=1S/C19H23N3O3S/c23-17-5-2-1-4-16(17)21-9-11-22(12-10-21)18(24)6-3-8-20-19(25)15-7-13-26-14-15/h1-2,4-5,7,13-14,23H,3,6,8-12H2,(H,20,25). The van der Waals surface area contributed by atoms with Crippen LogP contribution in [-0.2, 0) is 4.79 Å². The minimum absolute atomic E-state index is 0.0880. The highest BCUT2D eigenvalue weighted by molar-refractivity contribution is 7.08. The van der Waals surface area contributed by atoms with Gasteiger partial charge in [0.05, 0.1) is 5.69 Å². The Hall–Kier alpha value is -2.54. The Morgan fingerprint density at radius 2 is 1.88 bits per heavy atom. The molecule has 0 aliphatic carbocycles. The van der Waals surface area contributed by atoms with Gasteiger partial charge in [0.15, 0.2) is 0 Å². The number of para-hydroxylation sites is 2. The van der Waals surface area contributed by atoms with Crippen LogP contribution in [0.3, 0.4) is 0 Å². The van der Waals surface area contributed by atoms with Crippen molar-refractivity contribution in [3.8, 4) is 5.75 Å². The van der Waals surface area contributed by atoms with Gasteiger partial charge in [-0.1, -0.05) is 12.1 Å². The molecule has 3 rings (SSSR count). The molecule has 138 valence electrons. The lowest BCUT2D eigenvalue weighted by atomic mass is 10.2. The van der Waals surface area contributed by atoms with E-state index in [1.54, 1.807) is 18.2 Å². The van der Waals surface area contributed by atoms with Crippen LogP contribution in [0.25, 0.3) is 0 Å². The number of carbonyl (C=O) groups excluding carboxylic acids is 2. The van der Waals surface area contributed by atoms with Gasteiger partial charge in [0, 0.05) is 50.1 Å². The number of thiophene rings is 1. The average molecular weight is 373 g/mol. The molecule has 0 atom stereocenters. The number of rotatable bonds is 6. The number of hydrogen-bond acceptors (Lipinski definition) is 5. The van der Waals surface area contributed by atoms with Crippen LogP contribution in [0.15, 0.2) is 41.1 Å². The van der Waals surface area contributed by atoms with Gasteiger partial charge in [-0.2, -0.15) is 11.3 Å². The zero-order valence-electron chi connectivity index (χ0n) is 14.6. The quantitative estimate of drug-likeness (QED) is 0.762. The molecule has 2 N–H and O–H groups in total. The van der Waals surface area contributed by atoms with Crippen molar-refractivity contribution in [3.05, 3.63) is 46.7 Å². The van der Waals surface area contributed by atoms with E-state index in [1.165, 1.54) is 11.3 Å². The Morgan fingerprint density at radius 1 is 1.12 bits per heavy atom. The molecule has 1 aliphatic heterocycles. The molecule has 2 aromatic rings. The summed E-state index contributed by atoms with van der Waals surface area (Å²) in [5.41, 5.74) is 1.48. The van der Waals surface area contributed by atoms with E-state index >= 15 is 0 Å². The average Bonchev–Trinajstić information content (AvgIpc) is 3.20. The van der Waals surface area contributed by atoms with Crippen molar-refractivity contribution in [2.24, 2.45) is 0 Å². The number of anilines is 1. The van der Waals surface area contributed by atoms with Gasteiger partial charge in [0.1, 0.15) is 5.75 Å². The highest BCUT2D eigenvalue weighted by atomic mass is 32.1. The number of hydrogen-bond donors (Lipinski definition) is 2. The number of phenols is 1. The van der Waals surface area contributed by atoms with Crippen molar-refractivity contribution < 1.29 is 14.7 Å². The maximum absolute atomic E-state index is 12.3. The molecular weight excluding hydrogens is 350 g/mol. The van der Waals surface area contributed by atoms with Crippen LogP contribution in [0.2, 0.25) is 0 Å². The molecule has 0 unspecified atom stereocenters. The first-order chi connectivity index (χ1) is 12.6. The number of carbonyl (C=O) groups is 2. The van der Waals surface area contributed by atoms with E-state index in [9.17, 15) is 14.7 Å². The van der Waals surface area contributed by atoms with Crippen LogP contribution >= 0.6 is 11.3 Å². The van der Waals surface area contributed by atoms with Crippen molar-refractivity contribution in [2.75, 3.05) is 37.6 Å². The second-order valence-electron chi connectivity index (χ2n) is 6.23. The summed E-state index contributed by atoms with van der Waals surface area (Å²) in [6, 6.07) is 9.06. The molecular formula is C19H23N3O3S. The Morgan fingerprint density at radius 3 is 2.58 bits per heavy atom. The summed E-state index contributed by atoms with van der Waals surface area (Å²) in [7, 11) is 0. The highest BCUT2D eigenvalue weighted by Gasteiger charge is 2.22. The molecule has 7 heteroatoms. The van der Waals surface area contributed by atoms with Crippen molar-refractivity contribution >= 4 is 28.8 Å². The number of phenolic OH excluding ortho intramolecular Hbond substituents is 1. The van der Waals surface area contributed by atoms with Gasteiger partial charge < -0.3 is 20.2 Å². The Balaban J connectivity index is 1.37. The second-order valence-corrected chi connectivity index (χ2v) is 7.01. The molecule has 1 saturated heterocycles. The molecule has 2 amide bonds. The summed E-state index contributed by atoms with van der Waals surface area (Å²) >= 11 is 1.49. The third kappa shape index (κ3) is 4.54. The summed E-state index contributed by atoms with van der Waals surface area (Å²) < 4.78 is 0. The topological polar surface area (TPSA) is 72.9 Å². The van der Waals surface area contributed by atoms with Crippen LogP contribution < -0.4 is 10.2 Å². The molecule has 6 nitrogen and oxygen atoms in total. The van der Waals surface area contributed by atoms with Gasteiger partial charge in [0.2, 0.25) is 5.91 Å². The van der Waals surface area contributed by atoms with Gasteiger partial charge in [-0.05, 0) is 30.0 Å². The lowest BCUT2D eigenvalue weighted by molar-refractivity contribution is -0.131. The van der Waals surface area contributed by atoms with Crippen molar-refractivity contribution in [1.29, 1.82) is 0 Å². The minimum Gasteiger partial charge on any atom is -0.506 e. The predicted molar refractivity (Wildman–Crippen MR) is 103 cm³/mol. The molecule has 1 fully saturated rings. The smallest absolute Gasteiger partial charge is 0.252 e. The van der Waals surface area contributed by atoms with Gasteiger partial charge in [-0.25, -0.2) is 0 Å². The van der Waals surface area contributed by atoms with E-state index in [1.807, 2.05) is 27.8 Å². The van der Waals surface area contributed by atoms with Gasteiger partial charge in [-0.3, -0.25) is 9.59 Å². The third-order valence-electron chi connectivity index (χ3n) is 4.49. The summed E-state index contributed by atoms with van der Waals surface area (Å²) in [5.74, 6) is 0.301. The second kappa shape index (κ2) is 8.71. The van der Waals surface area contributed by atoms with Gasteiger partial charge in [-0.15, -0.1) is 0 Å². The van der Waals surface area contributed by atoms with E-state index in [0.29, 0.717) is 51.1 Å². The zero-order valence-corrected chi connectivity index (χ0v) is 15.4. The lowest BCUT2D eigenvalue weighted by Crippen LogP contribution is -2.48. The normalized spacial score (nSPS) is 14.3. The molecule has 2 heterocycles. The van der Waals surface area contributed by atoms with Crippen molar-refractivity contribution in [2.45, 2.75) is 12.8 Å². The first kappa shape index (κ1) is 18.3. The van der Waals surface area contributed by atoms with Crippen LogP contribution in [0.1, 0.15) is 23.2 Å². The number of nitrogens with zero attached hydrogens (tertiary/aromatic N) is 2. The zero-order chi connectivity index (χ0) is 18.4. The number of nitrogens with one attached hydrogen (secondary N) is 1. The van der Waals surface area contributed by atoms with E-state index < -0.39 is 0 Å². The number of aromatic hydroxyl groups is 1. The van der Waals surface area contributed by atoms with E-state index in [2.05, 4.69) is 10.2 Å². The Kier molecular flexibility index (Phi) is 6.12. The molecule has 0 bridgehead atoms. The molecule has 0 saturated carbocycles. The molecule has 1 aromatic heterocycles. The Bertz CT molecular complexity index is 740. The SMILES string of the molecule is O=C(NCCCC(=O)N1CCN(c2ccccc2O)CC1)c1ccsc1. The van der Waals surface area contributed by atoms with Gasteiger partial charge in [0.25, 0.3) is 5.91 Å². The summed E-state index contributed by atoms with van der Waals surface area (Å²) in [4.78, 5) is 28.1. The van der Waals surface area contributed by atoms with Crippen LogP contribution in [0.4, 0.5) is 5.69 Å². The first-order valence-corrected chi connectivity index (χ1v) is 9.70. The number of benzene rings is 1. The Labute approximate surface area is 157 Å². The molecule has 1 aromatic carbocycles. The van der Waals surface area contributed by atoms with E-state index in [-0.39, 0.29) is 17.6 Å². The van der Waals surface area contributed by atoms with Gasteiger partial charge >= 0.3 is 0 Å². The molecule has 0 spiro atoms. The summed E-state index contributed by atoms with van der Waals surface area (Å²) in [6.07, 6.45) is 1.06. The fraction of sp³-hybridized carbons (Fsp3) is 0.368. The van der Waals surface area contributed by atoms with E-state index in [0.717, 1.165) is 5.69 Å². The van der Waals surface area contributed by atoms with Crippen molar-refractivity contribution in [1.82, 2.24) is 10.2 Å². The monoisotopic (exact) mass is 373 g/mol. The fourth-order valence-electron chi connectivity index (χ4n) is 3.02. The van der Waals surface area contributed by atoms with Crippen LogP contribution in [0.5, 0.6) is 5.75 Å². The van der Waals surface area contributed by atoms with Crippen LogP contribution in [-0.4, -0.2) is 54.5 Å². The summed E-state index contributed by atoms with van der Waals surface area (Å²) in [6.45, 7) is 3.21. The molecule has 26 heavy (non-hydrogen) atoms. The lowest BCUT2D eigenvalue weighted by Gasteiger charge is -2.36. The minimum atomic E-state index is -0.0880. The number of piperazine rings is 1. The van der Waals surface area contributed by atoms with Crippen molar-refractivity contribution in [3.63, 3.8) is 0 Å². The predicted octanol–water partition coefficient (Wildman–Crippen LogP) is 2.31. The largest absolute Gasteiger partial charge is 0.506 e. The maximum Gasteiger partial charge on any atom is 0.252 e. The molecule has 1 aliphatic rings. The molecule has 0 radical (unpaired) electrons. The third-order valence-corrected chi connectivity index (χ3v) is 5.17. The number of amides is 2.